The van der Waals surface area contributed by atoms with Crippen molar-refractivity contribution < 1.29 is 9.47 Å². The molecule has 1 aliphatic heterocycles. The van der Waals surface area contributed by atoms with Crippen LogP contribution in [0, 0.1) is 0 Å². The van der Waals surface area contributed by atoms with Crippen LogP contribution in [0.5, 0.6) is 5.75 Å². The van der Waals surface area contributed by atoms with E-state index in [2.05, 4.69) is 92.8 Å². The molecule has 3 nitrogen and oxygen atoms in total. The SMILES string of the molecule is COc1ccccc1-c1cccc2c1NC(C)(C)C=C2C(C)OCCCc1ccccc1. The molecule has 0 saturated heterocycles. The molecule has 1 unspecified atom stereocenters. The van der Waals surface area contributed by atoms with E-state index in [1.54, 1.807) is 7.11 Å². The quantitative estimate of drug-likeness (QED) is 0.393. The molecule has 166 valence electrons. The first kappa shape index (κ1) is 22.2. The fraction of sp³-hybridized carbons (Fsp3) is 0.310. The van der Waals surface area contributed by atoms with E-state index in [0.717, 1.165) is 42.0 Å². The monoisotopic (exact) mass is 427 g/mol. The van der Waals surface area contributed by atoms with Crippen molar-refractivity contribution in [2.24, 2.45) is 0 Å². The lowest BCUT2D eigenvalue weighted by Gasteiger charge is -2.35. The Morgan fingerprint density at radius 2 is 1.53 bits per heavy atom. The number of benzene rings is 3. The molecular weight excluding hydrogens is 394 g/mol. The van der Waals surface area contributed by atoms with Crippen LogP contribution < -0.4 is 10.1 Å². The van der Waals surface area contributed by atoms with E-state index in [4.69, 9.17) is 9.47 Å². The highest BCUT2D eigenvalue weighted by molar-refractivity contribution is 5.93. The van der Waals surface area contributed by atoms with E-state index in [1.165, 1.54) is 16.7 Å². The van der Waals surface area contributed by atoms with Crippen molar-refractivity contribution in [3.8, 4) is 16.9 Å². The topological polar surface area (TPSA) is 30.5 Å². The van der Waals surface area contributed by atoms with Crippen LogP contribution in [0.1, 0.15) is 38.3 Å². The maximum atomic E-state index is 6.32. The largest absolute Gasteiger partial charge is 0.496 e. The lowest BCUT2D eigenvalue weighted by Crippen LogP contribution is -2.34. The average molecular weight is 428 g/mol. The van der Waals surface area contributed by atoms with Gasteiger partial charge in [-0.05, 0) is 50.8 Å². The highest BCUT2D eigenvalue weighted by atomic mass is 16.5. The Morgan fingerprint density at radius 1 is 0.844 bits per heavy atom. The Bertz CT molecular complexity index is 1090. The van der Waals surface area contributed by atoms with Gasteiger partial charge in [0.15, 0.2) is 0 Å². The van der Waals surface area contributed by atoms with Crippen LogP contribution in [0.25, 0.3) is 16.7 Å². The minimum Gasteiger partial charge on any atom is -0.496 e. The van der Waals surface area contributed by atoms with E-state index in [0.29, 0.717) is 0 Å². The zero-order valence-corrected chi connectivity index (χ0v) is 19.5. The first-order chi connectivity index (χ1) is 15.5. The summed E-state index contributed by atoms with van der Waals surface area (Å²) in [5.41, 5.74) is 6.99. The Balaban J connectivity index is 1.57. The predicted molar refractivity (Wildman–Crippen MR) is 134 cm³/mol. The summed E-state index contributed by atoms with van der Waals surface area (Å²) in [6.07, 6.45) is 4.37. The molecule has 0 aromatic heterocycles. The number of methoxy groups -OCH3 is 1. The lowest BCUT2D eigenvalue weighted by molar-refractivity contribution is 0.101. The molecule has 3 heteroatoms. The molecule has 0 saturated carbocycles. The molecule has 3 aromatic carbocycles. The van der Waals surface area contributed by atoms with Gasteiger partial charge in [-0.15, -0.1) is 0 Å². The summed E-state index contributed by atoms with van der Waals surface area (Å²) in [7, 11) is 1.72. The molecule has 0 bridgehead atoms. The maximum Gasteiger partial charge on any atom is 0.126 e. The number of rotatable bonds is 8. The van der Waals surface area contributed by atoms with Crippen molar-refractivity contribution in [2.75, 3.05) is 19.0 Å². The van der Waals surface area contributed by atoms with Crippen LogP contribution >= 0.6 is 0 Å². The number of aryl methyl sites for hydroxylation is 1. The second-order valence-electron chi connectivity index (χ2n) is 8.98. The highest BCUT2D eigenvalue weighted by Crippen LogP contribution is 2.44. The molecule has 1 heterocycles. The van der Waals surface area contributed by atoms with Crippen LogP contribution in [0.2, 0.25) is 0 Å². The zero-order chi connectivity index (χ0) is 22.6. The van der Waals surface area contributed by atoms with Gasteiger partial charge in [0.2, 0.25) is 0 Å². The average Bonchev–Trinajstić information content (AvgIpc) is 2.81. The van der Waals surface area contributed by atoms with Gasteiger partial charge in [0, 0.05) is 23.3 Å². The van der Waals surface area contributed by atoms with E-state index >= 15 is 0 Å². The van der Waals surface area contributed by atoms with Gasteiger partial charge in [0.05, 0.1) is 24.4 Å². The van der Waals surface area contributed by atoms with E-state index in [1.807, 2.05) is 12.1 Å². The Labute approximate surface area is 192 Å². The van der Waals surface area contributed by atoms with Gasteiger partial charge >= 0.3 is 0 Å². The molecular formula is C29H33NO2. The minimum atomic E-state index is -0.178. The van der Waals surface area contributed by atoms with Gasteiger partial charge in [-0.2, -0.15) is 0 Å². The molecule has 1 atom stereocenters. The summed E-state index contributed by atoms with van der Waals surface area (Å²) in [6, 6.07) is 25.3. The zero-order valence-electron chi connectivity index (χ0n) is 19.5. The molecule has 0 radical (unpaired) electrons. The maximum absolute atomic E-state index is 6.32. The number of ether oxygens (including phenoxy) is 2. The van der Waals surface area contributed by atoms with Crippen molar-refractivity contribution in [3.05, 3.63) is 90.0 Å². The predicted octanol–water partition coefficient (Wildman–Crippen LogP) is 6.99. The molecule has 0 spiro atoms. The summed E-state index contributed by atoms with van der Waals surface area (Å²) in [6.45, 7) is 7.31. The fourth-order valence-corrected chi connectivity index (χ4v) is 4.45. The first-order valence-electron chi connectivity index (χ1n) is 11.4. The highest BCUT2D eigenvalue weighted by Gasteiger charge is 2.29. The summed E-state index contributed by atoms with van der Waals surface area (Å²) in [4.78, 5) is 0. The fourth-order valence-electron chi connectivity index (χ4n) is 4.45. The molecule has 4 rings (SSSR count). The van der Waals surface area contributed by atoms with Crippen molar-refractivity contribution in [1.82, 2.24) is 0 Å². The third-order valence-corrected chi connectivity index (χ3v) is 5.99. The van der Waals surface area contributed by atoms with Crippen LogP contribution in [0.15, 0.2) is 78.9 Å². The van der Waals surface area contributed by atoms with E-state index in [9.17, 15) is 0 Å². The second-order valence-corrected chi connectivity index (χ2v) is 8.98. The molecule has 32 heavy (non-hydrogen) atoms. The molecule has 3 aromatic rings. The van der Waals surface area contributed by atoms with Crippen LogP contribution in [0.4, 0.5) is 5.69 Å². The van der Waals surface area contributed by atoms with Crippen molar-refractivity contribution in [2.45, 2.75) is 45.3 Å². The normalized spacial score (nSPS) is 15.3. The van der Waals surface area contributed by atoms with Crippen molar-refractivity contribution in [1.29, 1.82) is 0 Å². The van der Waals surface area contributed by atoms with Gasteiger partial charge in [0.1, 0.15) is 5.75 Å². The Kier molecular flexibility index (Phi) is 6.66. The molecule has 0 amide bonds. The van der Waals surface area contributed by atoms with Gasteiger partial charge in [-0.25, -0.2) is 0 Å². The number of nitrogens with one attached hydrogen (secondary N) is 1. The summed E-state index contributed by atoms with van der Waals surface area (Å²) in [5, 5.41) is 3.74. The third kappa shape index (κ3) is 4.89. The molecule has 1 N–H and O–H groups in total. The van der Waals surface area contributed by atoms with Crippen LogP contribution in [-0.4, -0.2) is 25.4 Å². The number of para-hydroxylation sites is 2. The van der Waals surface area contributed by atoms with E-state index in [-0.39, 0.29) is 11.6 Å². The number of anilines is 1. The summed E-state index contributed by atoms with van der Waals surface area (Å²) < 4.78 is 12.0. The Hall–Kier alpha value is -3.04. The molecule has 1 aliphatic rings. The standard InChI is InChI=1S/C29H33NO2/c1-21(32-19-11-14-22-12-6-5-7-13-22)26-20-29(2,3)30-28-24(16-10-17-25(26)28)23-15-8-9-18-27(23)31-4/h5-10,12-13,15-18,20-21,30H,11,14,19H2,1-4H3. The Morgan fingerprint density at radius 3 is 2.31 bits per heavy atom. The van der Waals surface area contributed by atoms with Crippen LogP contribution in [-0.2, 0) is 11.2 Å². The summed E-state index contributed by atoms with van der Waals surface area (Å²) >= 11 is 0. The van der Waals surface area contributed by atoms with Gasteiger partial charge < -0.3 is 14.8 Å². The minimum absolute atomic E-state index is 0.0128. The van der Waals surface area contributed by atoms with E-state index < -0.39 is 0 Å². The molecule has 0 fully saturated rings. The summed E-state index contributed by atoms with van der Waals surface area (Å²) in [5.74, 6) is 0.877. The number of hydrogen-bond donors (Lipinski definition) is 1. The lowest BCUT2D eigenvalue weighted by atomic mass is 9.85. The number of hydrogen-bond acceptors (Lipinski definition) is 3. The van der Waals surface area contributed by atoms with Gasteiger partial charge in [0.25, 0.3) is 0 Å². The molecule has 0 aliphatic carbocycles. The van der Waals surface area contributed by atoms with Gasteiger partial charge in [-0.1, -0.05) is 72.8 Å². The smallest absolute Gasteiger partial charge is 0.126 e. The van der Waals surface area contributed by atoms with Crippen molar-refractivity contribution in [3.63, 3.8) is 0 Å². The van der Waals surface area contributed by atoms with Crippen LogP contribution in [0.3, 0.4) is 0 Å². The number of fused-ring (bicyclic) bond motifs is 1. The van der Waals surface area contributed by atoms with Gasteiger partial charge in [-0.3, -0.25) is 0 Å². The van der Waals surface area contributed by atoms with Crippen molar-refractivity contribution >= 4 is 11.3 Å². The second kappa shape index (κ2) is 9.62. The first-order valence-corrected chi connectivity index (χ1v) is 11.4. The third-order valence-electron chi connectivity index (χ3n) is 5.99.